The Morgan fingerprint density at radius 3 is 0.962 bits per heavy atom. The summed E-state index contributed by atoms with van der Waals surface area (Å²) in [7, 11) is -33.4. The average Bonchev–Trinajstić information content (AvgIpc) is 3.88. The van der Waals surface area contributed by atoms with Gasteiger partial charge >= 0.3 is 68.7 Å². The van der Waals surface area contributed by atoms with Crippen molar-refractivity contribution >= 4 is 46.9 Å². The molecule has 4 aliphatic rings. The van der Waals surface area contributed by atoms with Gasteiger partial charge in [-0.15, -0.1) is 0 Å². The molecule has 0 aromatic heterocycles. The van der Waals surface area contributed by atoms with Crippen LogP contribution in [0.1, 0.15) is 24.0 Å². The molecule has 4 fully saturated rings. The summed E-state index contributed by atoms with van der Waals surface area (Å²) in [5, 5.41) is 61.9. The van der Waals surface area contributed by atoms with Gasteiger partial charge in [0.15, 0.2) is 25.2 Å². The van der Waals surface area contributed by atoms with E-state index in [1.165, 1.54) is 0 Å². The van der Waals surface area contributed by atoms with E-state index in [-0.39, 0.29) is 55.6 Å². The van der Waals surface area contributed by atoms with E-state index in [1.807, 2.05) is 0 Å². The second-order valence-corrected chi connectivity index (χ2v) is 24.3. The molecule has 4 saturated heterocycles. The van der Waals surface area contributed by atoms with Gasteiger partial charge in [0.05, 0.1) is 39.6 Å². The third-order valence-corrected chi connectivity index (χ3v) is 14.5. The van der Waals surface area contributed by atoms with Crippen LogP contribution in [0.25, 0.3) is 0 Å². The topological polar surface area (TPSA) is 599 Å². The van der Waals surface area contributed by atoms with E-state index in [0.717, 1.165) is 11.1 Å². The molecule has 1 aromatic rings. The predicted octanol–water partition coefficient (Wildman–Crippen LogP) is -8.81. The summed E-state index contributed by atoms with van der Waals surface area (Å²) in [6, 6.07) is 6.87. The van der Waals surface area contributed by atoms with Crippen LogP contribution >= 0.6 is 46.9 Å². The largest absolute Gasteiger partial charge is 1.00 e. The molecule has 0 saturated carbocycles. The van der Waals surface area contributed by atoms with Crippen LogP contribution in [0, 0.1) is 0 Å². The van der Waals surface area contributed by atoms with Crippen molar-refractivity contribution in [1.82, 2.24) is 0 Å². The number of phosphoric ester groups is 6. The van der Waals surface area contributed by atoms with E-state index < -0.39 is 184 Å². The zero-order valence-electron chi connectivity index (χ0n) is 40.6. The van der Waals surface area contributed by atoms with Crippen LogP contribution in [0.4, 0.5) is 0 Å². The van der Waals surface area contributed by atoms with Crippen molar-refractivity contribution in [2.75, 3.05) is 39.6 Å². The summed E-state index contributed by atoms with van der Waals surface area (Å²) in [4.78, 5) is 116. The van der Waals surface area contributed by atoms with Crippen molar-refractivity contribution in [3.05, 3.63) is 35.4 Å². The Bertz CT molecular complexity index is 2180. The van der Waals surface area contributed by atoms with Gasteiger partial charge in [-0.2, -0.15) is 0 Å². The Hall–Kier alpha value is 0.320. The molecule has 0 aliphatic carbocycles. The van der Waals surface area contributed by atoms with Gasteiger partial charge < -0.3 is 132 Å². The van der Waals surface area contributed by atoms with Gasteiger partial charge in [0.25, 0.3) is 7.82 Å². The molecule has 7 unspecified atom stereocenters. The number of aryl methyl sites for hydroxylation is 2. The first-order valence-corrected chi connectivity index (χ1v) is 31.6. The molecule has 0 radical (unpaired) electrons. The molecule has 0 amide bonds. The van der Waals surface area contributed by atoms with Crippen molar-refractivity contribution in [2.45, 2.75) is 136 Å². The standard InChI is InChI=1S/C34H60O38P6.Na/c35-11-17-23(65-31-21(39)27(69-75(47,48)49)25(19(13-37)61-31)67-73(41,42)43)29(71-77(53,54)55)33(63-17)59-9-1-3-15-5-7-16(8-6-15)4-2-10-60-34-30(72-78(56,57)58)24(18(12-36)64-34)66-32-22(40)28(70-76(50,51)52)26(20(14-38)62-32)68-74(44,45)46;/h5-8,17-40H,1-4,9-14H2,(H2,41,42,43)(H2,44,45,46)(H2,47,48,49)(H2,50,51,52)(H2,53,54,55)(H2,56,57,58);/q;+1/p-1/t17-,18-,19?,20?,21+,22+,23+,24+,25+,26+,27?,28?,29+,30+,31+,32+,33?,34?;/m1./s1. The summed E-state index contributed by atoms with van der Waals surface area (Å²) in [5.74, 6) is 0. The van der Waals surface area contributed by atoms with E-state index in [2.05, 4.69) is 18.1 Å². The van der Waals surface area contributed by atoms with Gasteiger partial charge in [0.2, 0.25) is 0 Å². The predicted molar refractivity (Wildman–Crippen MR) is 239 cm³/mol. The molecule has 0 spiro atoms. The normalized spacial score (nSPS) is 34.8. The van der Waals surface area contributed by atoms with Gasteiger partial charge in [0.1, 0.15) is 85.5 Å². The third-order valence-electron chi connectivity index (χ3n) is 11.4. The van der Waals surface area contributed by atoms with E-state index in [1.54, 1.807) is 24.3 Å². The van der Waals surface area contributed by atoms with Crippen molar-refractivity contribution < 1.29 is 211 Å². The number of rotatable bonds is 30. The maximum Gasteiger partial charge on any atom is 1.00 e. The molecular formula is C34H59NaO38P6. The van der Waals surface area contributed by atoms with E-state index in [9.17, 15) is 117 Å². The fourth-order valence-electron chi connectivity index (χ4n) is 8.38. The number of aliphatic hydroxyl groups is 6. The Labute approximate surface area is 467 Å². The molecule has 4 heterocycles. The first-order chi connectivity index (χ1) is 36.0. The first kappa shape index (κ1) is 71.8. The fourth-order valence-corrected chi connectivity index (χ4v) is 11.7. The summed E-state index contributed by atoms with van der Waals surface area (Å²) < 4.78 is 143. The van der Waals surface area contributed by atoms with Crippen LogP contribution in [0.15, 0.2) is 24.3 Å². The zero-order valence-corrected chi connectivity index (χ0v) is 48.0. The minimum atomic E-state index is -5.77. The second kappa shape index (κ2) is 30.3. The number of ether oxygens (including phenoxy) is 8. The van der Waals surface area contributed by atoms with Crippen LogP contribution in [0.5, 0.6) is 0 Å². The number of benzene rings is 1. The Morgan fingerprint density at radius 2 is 0.671 bits per heavy atom. The minimum Gasteiger partial charge on any atom is -0.756 e. The summed E-state index contributed by atoms with van der Waals surface area (Å²) in [5.41, 5.74) is 1.46. The number of phosphoric acid groups is 6. The molecule has 38 nitrogen and oxygen atoms in total. The van der Waals surface area contributed by atoms with Crippen molar-refractivity contribution in [1.29, 1.82) is 0 Å². The van der Waals surface area contributed by atoms with Gasteiger partial charge in [0, 0.05) is 0 Å². The van der Waals surface area contributed by atoms with Gasteiger partial charge in [-0.1, -0.05) is 24.3 Å². The van der Waals surface area contributed by atoms with Crippen LogP contribution in [0.2, 0.25) is 0 Å². The quantitative estimate of drug-likeness (QED) is 0.0193. The molecule has 17 N–H and O–H groups in total. The molecule has 1 aromatic carbocycles. The van der Waals surface area contributed by atoms with Gasteiger partial charge in [-0.05, 0) is 36.8 Å². The summed E-state index contributed by atoms with van der Waals surface area (Å²) in [6.07, 6.45) is -35.8. The smallest absolute Gasteiger partial charge is 0.756 e. The SMILES string of the molecule is O=P([O-])(O)O[C@H]1C(CO)O[C@@H](O[C@@H]2[C@H](OP(=O)(O)O)C(OCCCc3ccc(CCCOC4O[C@H](CO)[C@H](O[C@@H]5OC(CO)[C@H](OP(=O)(O)O)C(OP(=O)(O)O)[C@@H]5O)[C@@H]4OP(=O)(O)O)cc3)O[C@@H]2CO)[C@@H](O)C1OP(=O)(O)O.[Na+]. The molecular weight excluding hydrogens is 1230 g/mol. The Kier molecular flexibility index (Phi) is 27.5. The van der Waals surface area contributed by atoms with Crippen LogP contribution in [-0.4, -0.2) is 235 Å². The summed E-state index contributed by atoms with van der Waals surface area (Å²) in [6.45, 7) is -4.77. The van der Waals surface area contributed by atoms with E-state index in [0.29, 0.717) is 12.8 Å². The fraction of sp³-hybridized carbons (Fsp3) is 0.824. The molecule has 4 aliphatic heterocycles. The molecule has 0 bridgehead atoms. The van der Waals surface area contributed by atoms with Crippen molar-refractivity contribution in [2.24, 2.45) is 0 Å². The number of aliphatic hydroxyl groups excluding tert-OH is 6. The number of hydrogen-bond donors (Lipinski definition) is 17. The van der Waals surface area contributed by atoms with E-state index >= 15 is 0 Å². The monoisotopic (exact) mass is 1280 g/mol. The number of hydrogen-bond acceptors (Lipinski definition) is 27. The Morgan fingerprint density at radius 1 is 0.405 bits per heavy atom. The molecule has 5 rings (SSSR count). The minimum absolute atomic E-state index is 0. The van der Waals surface area contributed by atoms with Crippen molar-refractivity contribution in [3.8, 4) is 0 Å². The molecule has 45 heteroatoms. The van der Waals surface area contributed by atoms with Crippen LogP contribution in [0.3, 0.4) is 0 Å². The van der Waals surface area contributed by atoms with Crippen LogP contribution in [-0.2, 0) is 105 Å². The molecule has 454 valence electrons. The molecule has 79 heavy (non-hydrogen) atoms. The molecule has 19 atom stereocenters. The van der Waals surface area contributed by atoms with Crippen molar-refractivity contribution in [3.63, 3.8) is 0 Å². The maximum atomic E-state index is 12.1. The Balaban J connectivity index is 0.0000134. The van der Waals surface area contributed by atoms with E-state index in [4.69, 9.17) is 46.9 Å². The van der Waals surface area contributed by atoms with Gasteiger partial charge in [-0.3, -0.25) is 27.2 Å². The zero-order chi connectivity index (χ0) is 58.3. The van der Waals surface area contributed by atoms with Crippen LogP contribution < -0.4 is 34.5 Å². The first-order valence-electron chi connectivity index (χ1n) is 22.5. The maximum absolute atomic E-state index is 12.1. The van der Waals surface area contributed by atoms with Gasteiger partial charge in [-0.25, -0.2) is 22.8 Å². The second-order valence-electron chi connectivity index (χ2n) is 17.2. The third kappa shape index (κ3) is 22.5. The summed E-state index contributed by atoms with van der Waals surface area (Å²) >= 11 is 0. The average molecular weight is 1280 g/mol.